The summed E-state index contributed by atoms with van der Waals surface area (Å²) in [6.45, 7) is 12.6. The van der Waals surface area contributed by atoms with Gasteiger partial charge in [-0.1, -0.05) is 52.4 Å². The van der Waals surface area contributed by atoms with Gasteiger partial charge < -0.3 is 0 Å². The maximum Gasteiger partial charge on any atom is 0.0890 e. The molecule has 0 aromatic rings. The minimum absolute atomic E-state index is 0.658. The number of unbranched alkanes of at least 4 members (excludes halogenated alkanes) is 4. The Kier molecular flexibility index (Phi) is 15.0. The summed E-state index contributed by atoms with van der Waals surface area (Å²) in [4.78, 5) is 0. The van der Waals surface area contributed by atoms with Gasteiger partial charge >= 0.3 is 0 Å². The van der Waals surface area contributed by atoms with E-state index in [-0.39, 0.29) is 0 Å². The lowest BCUT2D eigenvalue weighted by Gasteiger charge is -2.39. The second kappa shape index (κ2) is 14.8. The first-order valence-corrected chi connectivity index (χ1v) is 11.0. The summed E-state index contributed by atoms with van der Waals surface area (Å²) < 4.78 is 18.0. The van der Waals surface area contributed by atoms with Crippen LogP contribution in [-0.2, 0) is 12.5 Å². The monoisotopic (exact) mass is 336 g/mol. The van der Waals surface area contributed by atoms with Crippen molar-refractivity contribution < 1.29 is 12.5 Å². The van der Waals surface area contributed by atoms with Gasteiger partial charge in [0.2, 0.25) is 0 Å². The summed E-state index contributed by atoms with van der Waals surface area (Å²) in [6.07, 6.45) is 10.4. The molecule has 0 aliphatic heterocycles. The van der Waals surface area contributed by atoms with E-state index in [0.717, 1.165) is 5.75 Å². The summed E-state index contributed by atoms with van der Waals surface area (Å²) >= 11 is 0. The van der Waals surface area contributed by atoms with Crippen molar-refractivity contribution in [2.75, 3.05) is 25.6 Å². The topological polar surface area (TPSA) is 27.7 Å². The molecule has 0 saturated carbocycles. The van der Waals surface area contributed by atoms with Crippen molar-refractivity contribution in [3.63, 3.8) is 0 Å². The lowest BCUT2D eigenvalue weighted by atomic mass is 9.97. The van der Waals surface area contributed by atoms with Crippen molar-refractivity contribution in [2.45, 2.75) is 86.0 Å². The van der Waals surface area contributed by atoms with Crippen LogP contribution in [0.15, 0.2) is 0 Å². The average Bonchev–Trinajstić information content (AvgIpc) is 2.49. The average molecular weight is 337 g/mol. The quantitative estimate of drug-likeness (QED) is 0.304. The summed E-state index contributed by atoms with van der Waals surface area (Å²) in [5.41, 5.74) is 0. The Labute approximate surface area is 141 Å². The van der Waals surface area contributed by atoms with Gasteiger partial charge in [-0.25, -0.2) is 0 Å². The maximum absolute atomic E-state index is 5.99. The van der Waals surface area contributed by atoms with E-state index in [1.807, 2.05) is 20.8 Å². The van der Waals surface area contributed by atoms with Crippen LogP contribution in [0, 0.1) is 5.92 Å². The Hall–Kier alpha value is 0.230. The minimum Gasteiger partial charge on any atom is -0.293 e. The Morgan fingerprint density at radius 1 is 0.636 bits per heavy atom. The molecule has 0 aliphatic rings. The number of rotatable bonds is 16. The third-order valence-electron chi connectivity index (χ3n) is 3.76. The highest BCUT2D eigenvalue weighted by atomic mass is 32.3. The lowest BCUT2D eigenvalue weighted by Crippen LogP contribution is -2.22. The van der Waals surface area contributed by atoms with Crippen LogP contribution in [0.25, 0.3) is 0 Å². The highest BCUT2D eigenvalue weighted by molar-refractivity contribution is 8.21. The van der Waals surface area contributed by atoms with Gasteiger partial charge in [0.05, 0.1) is 30.7 Å². The Morgan fingerprint density at radius 3 is 1.59 bits per heavy atom. The van der Waals surface area contributed by atoms with Crippen molar-refractivity contribution in [3.8, 4) is 0 Å². The molecule has 136 valence electrons. The summed E-state index contributed by atoms with van der Waals surface area (Å²) in [6, 6.07) is 0. The van der Waals surface area contributed by atoms with Crippen LogP contribution in [0.5, 0.6) is 0 Å². The molecule has 4 heteroatoms. The normalized spacial score (nSPS) is 14.2. The van der Waals surface area contributed by atoms with Crippen molar-refractivity contribution in [2.24, 2.45) is 5.92 Å². The smallest absolute Gasteiger partial charge is 0.0890 e. The van der Waals surface area contributed by atoms with Crippen molar-refractivity contribution >= 4 is 10.9 Å². The molecule has 0 radical (unpaired) electrons. The molecule has 0 spiro atoms. The first kappa shape index (κ1) is 22.2. The number of hydrogen-bond donors (Lipinski definition) is 0. The molecule has 1 unspecified atom stereocenters. The van der Waals surface area contributed by atoms with E-state index < -0.39 is 10.9 Å². The minimum atomic E-state index is -1.82. The van der Waals surface area contributed by atoms with Gasteiger partial charge in [-0.15, -0.1) is 0 Å². The van der Waals surface area contributed by atoms with Crippen molar-refractivity contribution in [3.05, 3.63) is 0 Å². The van der Waals surface area contributed by atoms with E-state index in [1.165, 1.54) is 51.4 Å². The Balaban J connectivity index is 4.67. The first-order chi connectivity index (χ1) is 10.7. The van der Waals surface area contributed by atoms with E-state index in [9.17, 15) is 0 Å². The summed E-state index contributed by atoms with van der Waals surface area (Å²) in [7, 11) is -1.82. The van der Waals surface area contributed by atoms with E-state index in [4.69, 9.17) is 12.5 Å². The third-order valence-corrected chi connectivity index (χ3v) is 6.43. The largest absolute Gasteiger partial charge is 0.293 e. The van der Waals surface area contributed by atoms with Gasteiger partial charge in [-0.2, -0.15) is 0 Å². The zero-order chi connectivity index (χ0) is 16.7. The van der Waals surface area contributed by atoms with E-state index in [2.05, 4.69) is 13.8 Å². The molecular weight excluding hydrogens is 296 g/mol. The predicted molar refractivity (Wildman–Crippen MR) is 99.1 cm³/mol. The highest BCUT2D eigenvalue weighted by Gasteiger charge is 2.30. The van der Waals surface area contributed by atoms with Crippen molar-refractivity contribution in [1.29, 1.82) is 0 Å². The maximum atomic E-state index is 5.99. The van der Waals surface area contributed by atoms with Crippen LogP contribution in [-0.4, -0.2) is 25.6 Å². The van der Waals surface area contributed by atoms with Gasteiger partial charge in [0.15, 0.2) is 0 Å². The molecule has 0 aliphatic carbocycles. The van der Waals surface area contributed by atoms with Crippen LogP contribution in [0.2, 0.25) is 0 Å². The molecule has 0 saturated heterocycles. The molecule has 0 amide bonds. The van der Waals surface area contributed by atoms with Gasteiger partial charge in [0.1, 0.15) is 0 Å². The van der Waals surface area contributed by atoms with E-state index >= 15 is 0 Å². The van der Waals surface area contributed by atoms with Crippen LogP contribution >= 0.6 is 10.9 Å². The molecule has 0 heterocycles. The summed E-state index contributed by atoms with van der Waals surface area (Å²) in [5, 5.41) is 0. The Bertz CT molecular complexity index is 219. The van der Waals surface area contributed by atoms with Crippen LogP contribution < -0.4 is 0 Å². The molecule has 0 aromatic carbocycles. The highest BCUT2D eigenvalue weighted by Crippen LogP contribution is 2.53. The zero-order valence-electron chi connectivity index (χ0n) is 15.7. The predicted octanol–water partition coefficient (Wildman–Crippen LogP) is 6.42. The van der Waals surface area contributed by atoms with E-state index in [1.54, 1.807) is 0 Å². The fraction of sp³-hybridized carbons (Fsp3) is 1.00. The first-order valence-electron chi connectivity index (χ1n) is 9.41. The molecule has 0 N–H and O–H groups in total. The molecule has 0 fully saturated rings. The third kappa shape index (κ3) is 10.1. The lowest BCUT2D eigenvalue weighted by molar-refractivity contribution is 0.180. The Morgan fingerprint density at radius 2 is 1.14 bits per heavy atom. The molecule has 3 nitrogen and oxygen atoms in total. The van der Waals surface area contributed by atoms with Gasteiger partial charge in [-0.3, -0.25) is 12.5 Å². The molecule has 0 aromatic heterocycles. The van der Waals surface area contributed by atoms with E-state index in [0.29, 0.717) is 25.7 Å². The molecule has 0 bridgehead atoms. The number of hydrogen-bond acceptors (Lipinski definition) is 3. The van der Waals surface area contributed by atoms with Crippen LogP contribution in [0.4, 0.5) is 0 Å². The van der Waals surface area contributed by atoms with Crippen LogP contribution in [0.3, 0.4) is 0 Å². The van der Waals surface area contributed by atoms with Gasteiger partial charge in [0.25, 0.3) is 0 Å². The molecule has 22 heavy (non-hydrogen) atoms. The fourth-order valence-electron chi connectivity index (χ4n) is 2.74. The van der Waals surface area contributed by atoms with Gasteiger partial charge in [0, 0.05) is 5.75 Å². The van der Waals surface area contributed by atoms with Gasteiger partial charge in [-0.05, 0) is 39.5 Å². The SMILES string of the molecule is CCCCCCC(CCCC)CS(OCC)(OCC)OCC. The second-order valence-electron chi connectivity index (χ2n) is 5.80. The van der Waals surface area contributed by atoms with Crippen molar-refractivity contribution in [1.82, 2.24) is 0 Å². The van der Waals surface area contributed by atoms with Crippen LogP contribution in [0.1, 0.15) is 86.0 Å². The summed E-state index contributed by atoms with van der Waals surface area (Å²) in [5.74, 6) is 1.60. The second-order valence-corrected chi connectivity index (χ2v) is 7.96. The fourth-order valence-corrected chi connectivity index (χ4v) is 5.22. The molecular formula is C18H40O3S. The molecule has 1 atom stereocenters. The molecule has 0 rings (SSSR count). The standard InChI is InChI=1S/C18H40O3S/c1-6-11-13-14-16-18(15-12-7-2)17-22(19-8-3,20-9-4)21-10-5/h18H,6-17H2,1-5H3. The zero-order valence-corrected chi connectivity index (χ0v) is 16.5.